The minimum atomic E-state index is -4.80. The number of fused-ring (bicyclic) bond motifs is 1. The van der Waals surface area contributed by atoms with Crippen LogP contribution in [0.2, 0.25) is 0 Å². The van der Waals surface area contributed by atoms with Crippen molar-refractivity contribution in [2.24, 2.45) is 0 Å². The molecule has 1 aromatic carbocycles. The highest BCUT2D eigenvalue weighted by Crippen LogP contribution is 2.37. The molecule has 2 heterocycles. The van der Waals surface area contributed by atoms with Gasteiger partial charge in [0.2, 0.25) is 0 Å². The number of carboxylic acids is 1. The van der Waals surface area contributed by atoms with Crippen molar-refractivity contribution in [2.75, 3.05) is 6.61 Å². The van der Waals surface area contributed by atoms with Crippen LogP contribution in [-0.4, -0.2) is 85.4 Å². The lowest BCUT2D eigenvalue weighted by molar-refractivity contribution is -0.141. The standard InChI is InChI=1S/C22H26N3O11P/c26-10-12(4-3-7-23-21-19(28)18(27)17(36-21)11-35-37(32,33)34)20(29)25-16(22(30)31)8-13-9-24-15-6-2-1-5-14(13)15/h1-7,9-10,16-19,21,23-24,27-28H,8,11H2,(H,25,29)(H,30,31)(H2,32,33,34)/b7-3-,12-4+/t16-,17+,18+,19+,21+/m0/s1. The van der Waals surface area contributed by atoms with Crippen molar-refractivity contribution in [3.63, 3.8) is 0 Å². The zero-order valence-corrected chi connectivity index (χ0v) is 20.0. The van der Waals surface area contributed by atoms with Crippen molar-refractivity contribution in [3.05, 3.63) is 60.0 Å². The molecule has 8 N–H and O–H groups in total. The highest BCUT2D eigenvalue weighted by atomic mass is 31.2. The summed E-state index contributed by atoms with van der Waals surface area (Å²) >= 11 is 0. The fourth-order valence-electron chi connectivity index (χ4n) is 3.63. The number of carbonyl (C=O) groups excluding carboxylic acids is 2. The first kappa shape index (κ1) is 28.2. The molecule has 0 unspecified atom stereocenters. The van der Waals surface area contributed by atoms with Gasteiger partial charge in [-0.2, -0.15) is 0 Å². The van der Waals surface area contributed by atoms with E-state index in [9.17, 15) is 34.3 Å². The number of aliphatic hydroxyl groups is 2. The lowest BCUT2D eigenvalue weighted by atomic mass is 10.0. The summed E-state index contributed by atoms with van der Waals surface area (Å²) < 4.78 is 20.3. The summed E-state index contributed by atoms with van der Waals surface area (Å²) in [6.07, 6.45) is -0.0567. The predicted molar refractivity (Wildman–Crippen MR) is 127 cm³/mol. The Hall–Kier alpha value is -3.36. The Balaban J connectivity index is 1.58. The average Bonchev–Trinajstić information content (AvgIpc) is 3.37. The monoisotopic (exact) mass is 539 g/mol. The molecule has 1 aromatic heterocycles. The van der Waals surface area contributed by atoms with E-state index in [1.165, 1.54) is 12.3 Å². The van der Waals surface area contributed by atoms with Crippen LogP contribution in [0, 0.1) is 0 Å². The number of nitrogens with one attached hydrogen (secondary N) is 3. The number of H-pyrrole nitrogens is 1. The number of hydrogen-bond acceptors (Lipinski definition) is 9. The van der Waals surface area contributed by atoms with Gasteiger partial charge in [-0.05, 0) is 30.0 Å². The quantitative estimate of drug-likeness (QED) is 0.0408. The Labute approximate surface area is 209 Å². The molecule has 2 aromatic rings. The number of benzene rings is 1. The van der Waals surface area contributed by atoms with E-state index in [-0.39, 0.29) is 18.3 Å². The summed E-state index contributed by atoms with van der Waals surface area (Å²) in [7, 11) is -4.80. The summed E-state index contributed by atoms with van der Waals surface area (Å²) in [4.78, 5) is 56.2. The van der Waals surface area contributed by atoms with Gasteiger partial charge < -0.3 is 45.5 Å². The first-order chi connectivity index (χ1) is 17.5. The van der Waals surface area contributed by atoms with Gasteiger partial charge in [0.1, 0.15) is 24.4 Å². The van der Waals surface area contributed by atoms with Crippen LogP contribution in [0.15, 0.2) is 54.4 Å². The van der Waals surface area contributed by atoms with E-state index in [4.69, 9.17) is 14.5 Å². The van der Waals surface area contributed by atoms with Crippen molar-refractivity contribution in [1.82, 2.24) is 15.6 Å². The number of ether oxygens (including phenoxy) is 1. The number of allylic oxidation sites excluding steroid dienone is 2. The third kappa shape index (κ3) is 7.57. The number of phosphoric ester groups is 1. The lowest BCUT2D eigenvalue weighted by Gasteiger charge is -2.15. The zero-order valence-electron chi connectivity index (χ0n) is 19.1. The SMILES string of the molecule is O=C/C(=C\C=C/N[C@@H]1O[C@H](COP(=O)(O)O)[C@@H](O)[C@H]1O)C(=O)N[C@@H](Cc1c[nH]c2ccccc12)C(=O)O. The zero-order chi connectivity index (χ0) is 27.2. The number of aliphatic carboxylic acids is 1. The first-order valence-electron chi connectivity index (χ1n) is 10.9. The maximum absolute atomic E-state index is 12.5. The second-order valence-corrected chi connectivity index (χ2v) is 9.30. The number of amides is 1. The molecule has 200 valence electrons. The normalized spacial score (nSPS) is 23.3. The Morgan fingerprint density at radius 1 is 1.22 bits per heavy atom. The van der Waals surface area contributed by atoms with Crippen LogP contribution in [0.3, 0.4) is 0 Å². The van der Waals surface area contributed by atoms with Gasteiger partial charge in [0, 0.05) is 23.5 Å². The van der Waals surface area contributed by atoms with Crippen molar-refractivity contribution < 1.29 is 53.3 Å². The molecular formula is C22H26N3O11P. The van der Waals surface area contributed by atoms with Crippen LogP contribution >= 0.6 is 7.82 Å². The minimum Gasteiger partial charge on any atom is -0.480 e. The number of hydrogen-bond donors (Lipinski definition) is 8. The Morgan fingerprint density at radius 3 is 2.62 bits per heavy atom. The number of aliphatic hydroxyl groups excluding tert-OH is 2. The fraction of sp³-hybridized carbons (Fsp3) is 0.318. The van der Waals surface area contributed by atoms with Crippen LogP contribution in [-0.2, 0) is 34.6 Å². The molecule has 0 aliphatic carbocycles. The van der Waals surface area contributed by atoms with Gasteiger partial charge in [-0.25, -0.2) is 9.36 Å². The van der Waals surface area contributed by atoms with Crippen LogP contribution < -0.4 is 10.6 Å². The molecule has 1 aliphatic heterocycles. The number of aldehydes is 1. The van der Waals surface area contributed by atoms with E-state index in [2.05, 4.69) is 20.1 Å². The van der Waals surface area contributed by atoms with Crippen LogP contribution in [0.5, 0.6) is 0 Å². The maximum atomic E-state index is 12.5. The molecule has 14 nitrogen and oxygen atoms in total. The smallest absolute Gasteiger partial charge is 0.469 e. The largest absolute Gasteiger partial charge is 0.480 e. The highest BCUT2D eigenvalue weighted by molar-refractivity contribution is 7.46. The van der Waals surface area contributed by atoms with E-state index >= 15 is 0 Å². The lowest BCUT2D eigenvalue weighted by Crippen LogP contribution is -2.43. The molecule has 1 amide bonds. The summed E-state index contributed by atoms with van der Waals surface area (Å²) in [5.41, 5.74) is 1.10. The maximum Gasteiger partial charge on any atom is 0.469 e. The summed E-state index contributed by atoms with van der Waals surface area (Å²) in [6.45, 7) is -0.678. The Kier molecular flexibility index (Phi) is 9.34. The van der Waals surface area contributed by atoms with E-state index in [0.29, 0.717) is 5.56 Å². The van der Waals surface area contributed by atoms with Crippen LogP contribution in [0.25, 0.3) is 10.9 Å². The number of aromatic nitrogens is 1. The highest BCUT2D eigenvalue weighted by Gasteiger charge is 2.43. The number of para-hydroxylation sites is 1. The third-order valence-corrected chi connectivity index (χ3v) is 5.98. The van der Waals surface area contributed by atoms with Gasteiger partial charge in [-0.1, -0.05) is 18.2 Å². The predicted octanol–water partition coefficient (Wildman–Crippen LogP) is -0.936. The van der Waals surface area contributed by atoms with Gasteiger partial charge in [0.15, 0.2) is 12.5 Å². The van der Waals surface area contributed by atoms with Gasteiger partial charge in [0.25, 0.3) is 5.91 Å². The molecule has 1 aliphatic rings. The molecular weight excluding hydrogens is 513 g/mol. The molecule has 3 rings (SSSR count). The fourth-order valence-corrected chi connectivity index (χ4v) is 3.97. The van der Waals surface area contributed by atoms with E-state index in [1.54, 1.807) is 12.3 Å². The Morgan fingerprint density at radius 2 is 1.95 bits per heavy atom. The van der Waals surface area contributed by atoms with Crippen molar-refractivity contribution in [1.29, 1.82) is 0 Å². The third-order valence-electron chi connectivity index (χ3n) is 5.49. The molecule has 1 fully saturated rings. The van der Waals surface area contributed by atoms with E-state index in [1.807, 2.05) is 18.2 Å². The topological polar surface area (TPSA) is 228 Å². The molecule has 0 bridgehead atoms. The Bertz CT molecular complexity index is 1240. The van der Waals surface area contributed by atoms with Gasteiger partial charge >= 0.3 is 13.8 Å². The summed E-state index contributed by atoms with van der Waals surface area (Å²) in [5.74, 6) is -2.21. The molecule has 5 atom stereocenters. The second-order valence-electron chi connectivity index (χ2n) is 8.06. The van der Waals surface area contributed by atoms with E-state index < -0.39 is 56.9 Å². The minimum absolute atomic E-state index is 0.0270. The van der Waals surface area contributed by atoms with Gasteiger partial charge in [0.05, 0.1) is 12.2 Å². The number of aromatic amines is 1. The second kappa shape index (κ2) is 12.3. The summed E-state index contributed by atoms with van der Waals surface area (Å²) in [6, 6.07) is 5.95. The van der Waals surface area contributed by atoms with Crippen molar-refractivity contribution in [2.45, 2.75) is 37.0 Å². The number of carboxylic acid groups (broad SMARTS) is 1. The molecule has 1 saturated heterocycles. The molecule has 0 radical (unpaired) electrons. The number of carbonyl (C=O) groups is 3. The average molecular weight is 539 g/mol. The molecule has 37 heavy (non-hydrogen) atoms. The molecule has 0 saturated carbocycles. The van der Waals surface area contributed by atoms with Crippen molar-refractivity contribution in [3.8, 4) is 0 Å². The van der Waals surface area contributed by atoms with Crippen LogP contribution in [0.4, 0.5) is 0 Å². The van der Waals surface area contributed by atoms with Gasteiger partial charge in [-0.15, -0.1) is 0 Å². The first-order valence-corrected chi connectivity index (χ1v) is 12.4. The molecule has 0 spiro atoms. The van der Waals surface area contributed by atoms with Crippen LogP contribution in [0.1, 0.15) is 5.56 Å². The van der Waals surface area contributed by atoms with Crippen molar-refractivity contribution >= 4 is 36.9 Å². The van der Waals surface area contributed by atoms with E-state index in [0.717, 1.165) is 17.0 Å². The summed E-state index contributed by atoms with van der Waals surface area (Å²) in [5, 5.41) is 35.2. The number of phosphoric acid groups is 1. The number of rotatable bonds is 12. The molecule has 15 heteroatoms. The van der Waals surface area contributed by atoms with Gasteiger partial charge in [-0.3, -0.25) is 14.1 Å².